The molecule has 0 fully saturated rings. The van der Waals surface area contributed by atoms with Crippen molar-refractivity contribution in [2.75, 3.05) is 0 Å². The molecule has 0 aliphatic rings. The van der Waals surface area contributed by atoms with E-state index in [0.29, 0.717) is 0 Å². The number of nitrogens with zero attached hydrogens (tertiary/aromatic N) is 5. The van der Waals surface area contributed by atoms with Crippen LogP contribution in [-0.2, 0) is 27.2 Å². The van der Waals surface area contributed by atoms with Gasteiger partial charge in [0.15, 0.2) is 0 Å². The fourth-order valence-corrected chi connectivity index (χ4v) is 9.99. The zero-order valence-electron chi connectivity index (χ0n) is 25.5. The average Bonchev–Trinajstić information content (AvgIpc) is 3.95. The van der Waals surface area contributed by atoms with E-state index in [1.807, 2.05) is 28.9 Å². The average molecular weight is 831 g/mol. The summed E-state index contributed by atoms with van der Waals surface area (Å²) in [5.74, 6) is 0. The minimum atomic E-state index is 0. The maximum atomic E-state index is 4.80. The molecule has 0 aliphatic heterocycles. The number of fused-ring (bicyclic) bond motifs is 12. The minimum Gasteiger partial charge on any atom is -0.464 e. The van der Waals surface area contributed by atoms with Crippen molar-refractivity contribution >= 4 is 92.8 Å². The van der Waals surface area contributed by atoms with Gasteiger partial charge in [0.25, 0.3) is 0 Å². The molecule has 0 bridgehead atoms. The van der Waals surface area contributed by atoms with E-state index in [4.69, 9.17) is 5.10 Å². The van der Waals surface area contributed by atoms with E-state index in [-0.39, 0.29) is 20.1 Å². The predicted octanol–water partition coefficient (Wildman–Crippen LogP) is 10.8. The Bertz CT molecular complexity index is 2950. The Morgan fingerprint density at radius 3 is 1.69 bits per heavy atom. The van der Waals surface area contributed by atoms with E-state index >= 15 is 0 Å². The van der Waals surface area contributed by atoms with Crippen LogP contribution in [0, 0.1) is 6.20 Å². The van der Waals surface area contributed by atoms with Gasteiger partial charge in [0.05, 0.1) is 32.6 Å². The van der Waals surface area contributed by atoms with E-state index in [1.54, 1.807) is 0 Å². The molecule has 231 valence electrons. The summed E-state index contributed by atoms with van der Waals surface area (Å²) in [6.45, 7) is 0. The van der Waals surface area contributed by atoms with Gasteiger partial charge >= 0.3 is 0 Å². The number of rotatable bonds is 3. The number of pyridine rings is 1. The first-order valence-electron chi connectivity index (χ1n) is 15.6. The summed E-state index contributed by atoms with van der Waals surface area (Å²) in [6.07, 6.45) is 5.57. The maximum Gasteiger partial charge on any atom is 0.100 e. The van der Waals surface area contributed by atoms with E-state index in [2.05, 4.69) is 153 Å². The molecule has 0 saturated heterocycles. The van der Waals surface area contributed by atoms with Gasteiger partial charge in [-0.3, -0.25) is 4.52 Å². The molecule has 0 aliphatic carbocycles. The molecule has 11 aromatic rings. The molecule has 5 nitrogen and oxygen atoms in total. The second-order valence-electron chi connectivity index (χ2n) is 12.1. The maximum absolute atomic E-state index is 4.80. The fraction of sp³-hybridized carbons (Fsp3) is 0.0250. The number of hydrogen-bond donors (Lipinski definition) is 0. The Morgan fingerprint density at radius 2 is 1.10 bits per heavy atom. The number of benzene rings is 4. The van der Waals surface area contributed by atoms with E-state index in [1.165, 1.54) is 74.0 Å². The molecular weight excluding hydrogens is 807 g/mol. The normalized spacial score (nSPS) is 12.1. The van der Waals surface area contributed by atoms with Crippen LogP contribution in [0.1, 0.15) is 0 Å². The van der Waals surface area contributed by atoms with Gasteiger partial charge < -0.3 is 13.7 Å². The third-order valence-electron chi connectivity index (χ3n) is 9.58. The second kappa shape index (κ2) is 10.3. The van der Waals surface area contributed by atoms with E-state index < -0.39 is 0 Å². The smallest absolute Gasteiger partial charge is 0.100 e. The monoisotopic (exact) mass is 831 g/mol. The van der Waals surface area contributed by atoms with E-state index in [9.17, 15) is 0 Å². The van der Waals surface area contributed by atoms with Gasteiger partial charge in [-0.05, 0) is 59.9 Å². The molecular formula is C40H24IrN5S2-. The van der Waals surface area contributed by atoms with Crippen LogP contribution in [0.3, 0.4) is 0 Å². The van der Waals surface area contributed by atoms with Crippen molar-refractivity contribution in [3.63, 3.8) is 0 Å². The molecule has 0 unspecified atom stereocenters. The summed E-state index contributed by atoms with van der Waals surface area (Å²) in [6, 6.07) is 43.9. The fourth-order valence-electron chi connectivity index (χ4n) is 7.66. The third kappa shape index (κ3) is 3.66. The first-order chi connectivity index (χ1) is 23.2. The molecule has 48 heavy (non-hydrogen) atoms. The zero-order valence-corrected chi connectivity index (χ0v) is 29.5. The molecule has 7 aromatic heterocycles. The topological polar surface area (TPSA) is 32.1 Å². The van der Waals surface area contributed by atoms with Gasteiger partial charge in [-0.15, -0.1) is 28.1 Å². The van der Waals surface area contributed by atoms with Crippen molar-refractivity contribution in [1.29, 1.82) is 0 Å². The predicted molar refractivity (Wildman–Crippen MR) is 198 cm³/mol. The summed E-state index contributed by atoms with van der Waals surface area (Å²) < 4.78 is 10.3. The molecule has 1 radical (unpaired) electrons. The molecule has 4 aromatic carbocycles. The van der Waals surface area contributed by atoms with Gasteiger partial charge in [-0.1, -0.05) is 96.1 Å². The van der Waals surface area contributed by atoms with Crippen molar-refractivity contribution in [3.8, 4) is 20.6 Å². The van der Waals surface area contributed by atoms with Gasteiger partial charge in [0.2, 0.25) is 0 Å². The van der Waals surface area contributed by atoms with Gasteiger partial charge in [-0.25, -0.2) is 0 Å². The SMILES string of the molecule is Cn1[c-]c2c(c1-c1ccc(-n3c4ccccc4c4ccccc43)s1)c1cc(-n3c4ccccc4c4ccccc43)sc1c1ccnn21.[Ir]. The number of hydrogen-bond acceptors (Lipinski definition) is 3. The quantitative estimate of drug-likeness (QED) is 0.163. The Labute approximate surface area is 295 Å². The van der Waals surface area contributed by atoms with Crippen LogP contribution in [0.2, 0.25) is 0 Å². The van der Waals surface area contributed by atoms with Gasteiger partial charge in [0, 0.05) is 52.5 Å². The number of aryl methyl sites for hydroxylation is 1. The summed E-state index contributed by atoms with van der Waals surface area (Å²) in [4.78, 5) is 1.20. The summed E-state index contributed by atoms with van der Waals surface area (Å²) in [5.41, 5.74) is 8.14. The van der Waals surface area contributed by atoms with Crippen LogP contribution in [0.4, 0.5) is 0 Å². The van der Waals surface area contributed by atoms with Crippen molar-refractivity contribution in [3.05, 3.63) is 134 Å². The largest absolute Gasteiger partial charge is 0.464 e. The van der Waals surface area contributed by atoms with Crippen LogP contribution >= 0.6 is 22.7 Å². The molecule has 7 heterocycles. The molecule has 0 spiro atoms. The molecule has 0 amide bonds. The molecule has 0 saturated carbocycles. The van der Waals surface area contributed by atoms with Gasteiger partial charge in [-0.2, -0.15) is 5.10 Å². The third-order valence-corrected chi connectivity index (χ3v) is 11.8. The first kappa shape index (κ1) is 28.1. The van der Waals surface area contributed by atoms with E-state index in [0.717, 1.165) is 16.7 Å². The van der Waals surface area contributed by atoms with Crippen molar-refractivity contribution in [1.82, 2.24) is 23.3 Å². The minimum absolute atomic E-state index is 0. The molecule has 8 heteroatoms. The van der Waals surface area contributed by atoms with Crippen LogP contribution in [0.25, 0.3) is 90.7 Å². The molecule has 0 atom stereocenters. The Kier molecular flexibility index (Phi) is 6.00. The standard InChI is InChI=1S/C40H24N5S2.Ir/c1-42-23-34-38(39(42)35-18-19-36(46-35)43-29-14-6-2-10-24(29)25-11-3-7-15-30(25)43)28-22-37(47-40(28)33-20-21-41-45(33)34)44-31-16-8-4-12-26(31)27-13-5-9-17-32(27)44;/h2-22H,1H3;/q-1;. The van der Waals surface area contributed by atoms with Crippen molar-refractivity contribution in [2.45, 2.75) is 0 Å². The Hall–Kier alpha value is -4.98. The van der Waals surface area contributed by atoms with Crippen LogP contribution in [0.5, 0.6) is 0 Å². The number of thiophene rings is 2. The van der Waals surface area contributed by atoms with Crippen LogP contribution in [-0.4, -0.2) is 23.3 Å². The second-order valence-corrected chi connectivity index (χ2v) is 14.2. The summed E-state index contributed by atoms with van der Waals surface area (Å²) >= 11 is 3.65. The summed E-state index contributed by atoms with van der Waals surface area (Å²) in [5, 5.41) is 14.7. The molecule has 11 rings (SSSR count). The Morgan fingerprint density at radius 1 is 0.562 bits per heavy atom. The Balaban J connectivity index is 0.00000295. The molecule has 0 N–H and O–H groups in total. The van der Waals surface area contributed by atoms with Crippen LogP contribution in [0.15, 0.2) is 128 Å². The van der Waals surface area contributed by atoms with Crippen molar-refractivity contribution < 1.29 is 20.1 Å². The summed E-state index contributed by atoms with van der Waals surface area (Å²) in [7, 11) is 2.11. The zero-order chi connectivity index (χ0) is 30.8. The first-order valence-corrected chi connectivity index (χ1v) is 17.3. The number of para-hydroxylation sites is 4. The number of aromatic nitrogens is 5. The van der Waals surface area contributed by atoms with Crippen molar-refractivity contribution in [2.24, 2.45) is 7.05 Å². The van der Waals surface area contributed by atoms with Gasteiger partial charge in [0.1, 0.15) is 5.00 Å². The van der Waals surface area contributed by atoms with Crippen LogP contribution < -0.4 is 0 Å².